The van der Waals surface area contributed by atoms with E-state index in [9.17, 15) is 20.0 Å². The van der Waals surface area contributed by atoms with Crippen LogP contribution < -0.4 is 10.2 Å². The van der Waals surface area contributed by atoms with E-state index in [1.54, 1.807) is 12.1 Å². The van der Waals surface area contributed by atoms with E-state index in [4.69, 9.17) is 4.74 Å². The minimum Gasteiger partial charge on any atom is -0.506 e. The van der Waals surface area contributed by atoms with Crippen LogP contribution in [0.3, 0.4) is 0 Å². The van der Waals surface area contributed by atoms with Gasteiger partial charge in [-0.2, -0.15) is 5.10 Å². The number of amides is 1. The van der Waals surface area contributed by atoms with Gasteiger partial charge in [0, 0.05) is 17.7 Å². The number of benzene rings is 2. The Morgan fingerprint density at radius 1 is 1.39 bits per heavy atom. The fourth-order valence-corrected chi connectivity index (χ4v) is 2.76. The number of carbonyl (C=O) groups is 1. The molecule has 2 rings (SSSR count). The zero-order valence-corrected chi connectivity index (χ0v) is 17.0. The summed E-state index contributed by atoms with van der Waals surface area (Å²) in [6.07, 6.45) is 2.16. The molecule has 1 unspecified atom stereocenters. The molecular formula is C19H20BrN3O5. The molecule has 1 amide bonds. The van der Waals surface area contributed by atoms with E-state index >= 15 is 0 Å². The minimum atomic E-state index is -0.597. The van der Waals surface area contributed by atoms with E-state index in [1.807, 2.05) is 12.1 Å². The number of halogens is 1. The van der Waals surface area contributed by atoms with Crippen molar-refractivity contribution in [2.45, 2.75) is 26.2 Å². The summed E-state index contributed by atoms with van der Waals surface area (Å²) in [6.45, 7) is 4.01. The van der Waals surface area contributed by atoms with Crippen LogP contribution >= 0.6 is 15.9 Å². The monoisotopic (exact) mass is 449 g/mol. The molecule has 0 saturated heterocycles. The van der Waals surface area contributed by atoms with E-state index in [0.29, 0.717) is 11.7 Å². The molecule has 2 aromatic carbocycles. The lowest BCUT2D eigenvalue weighted by atomic mass is 9.99. The average molecular weight is 450 g/mol. The fourth-order valence-electron chi connectivity index (χ4n) is 2.29. The number of hydrogen-bond donors (Lipinski definition) is 2. The van der Waals surface area contributed by atoms with Crippen LogP contribution in [-0.4, -0.2) is 28.8 Å². The lowest BCUT2D eigenvalue weighted by Gasteiger charge is -2.10. The van der Waals surface area contributed by atoms with Gasteiger partial charge in [-0.3, -0.25) is 14.9 Å². The van der Waals surface area contributed by atoms with Crippen molar-refractivity contribution in [3.8, 4) is 11.5 Å². The van der Waals surface area contributed by atoms with Crippen molar-refractivity contribution in [2.24, 2.45) is 5.10 Å². The van der Waals surface area contributed by atoms with Crippen molar-refractivity contribution in [1.82, 2.24) is 5.43 Å². The maximum absolute atomic E-state index is 11.8. The van der Waals surface area contributed by atoms with Crippen LogP contribution in [0.2, 0.25) is 0 Å². The van der Waals surface area contributed by atoms with Gasteiger partial charge in [-0.1, -0.05) is 26.0 Å². The van der Waals surface area contributed by atoms with E-state index in [0.717, 1.165) is 18.7 Å². The molecule has 0 radical (unpaired) electrons. The molecule has 8 nitrogen and oxygen atoms in total. The first kappa shape index (κ1) is 21.4. The number of non-ortho nitro benzene ring substituents is 1. The quantitative estimate of drug-likeness (QED) is 0.357. The molecule has 0 heterocycles. The summed E-state index contributed by atoms with van der Waals surface area (Å²) in [7, 11) is 0. The number of phenols is 1. The standard InChI is InChI=1S/C19H20BrN3O5/c1-3-12(2)13-4-6-16(7-5-13)28-11-18(24)22-21-10-14-8-15(23(26)27)9-17(20)19(14)25/h4-10,12,25H,3,11H2,1-2H3,(H,22,24)/b21-10+. The Morgan fingerprint density at radius 3 is 2.68 bits per heavy atom. The molecule has 1 atom stereocenters. The second-order valence-electron chi connectivity index (χ2n) is 6.08. The molecule has 0 saturated carbocycles. The third-order valence-electron chi connectivity index (χ3n) is 4.11. The van der Waals surface area contributed by atoms with Gasteiger partial charge in [0.2, 0.25) is 0 Å². The lowest BCUT2D eigenvalue weighted by molar-refractivity contribution is -0.385. The number of nitro benzene ring substituents is 1. The van der Waals surface area contributed by atoms with Gasteiger partial charge >= 0.3 is 0 Å². The number of rotatable bonds is 8. The zero-order chi connectivity index (χ0) is 20.7. The molecule has 9 heteroatoms. The van der Waals surface area contributed by atoms with Gasteiger partial charge < -0.3 is 9.84 Å². The van der Waals surface area contributed by atoms with Crippen molar-refractivity contribution >= 4 is 33.7 Å². The SMILES string of the molecule is CCC(C)c1ccc(OCC(=O)N/N=C/c2cc([N+](=O)[O-])cc(Br)c2O)cc1. The first-order chi connectivity index (χ1) is 13.3. The molecule has 0 aliphatic carbocycles. The van der Waals surface area contributed by atoms with Crippen LogP contribution in [0.25, 0.3) is 0 Å². The van der Waals surface area contributed by atoms with Crippen molar-refractivity contribution < 1.29 is 19.6 Å². The minimum absolute atomic E-state index is 0.0860. The largest absolute Gasteiger partial charge is 0.506 e. The Kier molecular flexibility index (Phi) is 7.51. The van der Waals surface area contributed by atoms with E-state index in [2.05, 4.69) is 40.3 Å². The first-order valence-electron chi connectivity index (χ1n) is 8.53. The molecule has 148 valence electrons. The Balaban J connectivity index is 1.91. The maximum Gasteiger partial charge on any atom is 0.277 e. The highest BCUT2D eigenvalue weighted by Gasteiger charge is 2.13. The zero-order valence-electron chi connectivity index (χ0n) is 15.4. The average Bonchev–Trinajstić information content (AvgIpc) is 2.69. The van der Waals surface area contributed by atoms with Gasteiger partial charge in [-0.15, -0.1) is 0 Å². The highest BCUT2D eigenvalue weighted by atomic mass is 79.9. The molecule has 2 N–H and O–H groups in total. The van der Waals surface area contributed by atoms with Gasteiger partial charge in [-0.25, -0.2) is 5.43 Å². The molecule has 0 aliphatic rings. The third-order valence-corrected chi connectivity index (χ3v) is 4.72. The van der Waals surface area contributed by atoms with Crippen molar-refractivity contribution in [3.63, 3.8) is 0 Å². The molecule has 2 aromatic rings. The predicted octanol–water partition coefficient (Wildman–Crippen LogP) is 4.11. The van der Waals surface area contributed by atoms with Crippen LogP contribution in [-0.2, 0) is 4.79 Å². The van der Waals surface area contributed by atoms with Gasteiger partial charge in [0.25, 0.3) is 11.6 Å². The van der Waals surface area contributed by atoms with Crippen LogP contribution in [0.1, 0.15) is 37.3 Å². The van der Waals surface area contributed by atoms with Crippen LogP contribution in [0.15, 0.2) is 46.0 Å². The van der Waals surface area contributed by atoms with Crippen molar-refractivity contribution in [2.75, 3.05) is 6.61 Å². The summed E-state index contributed by atoms with van der Waals surface area (Å²) in [4.78, 5) is 22.1. The smallest absolute Gasteiger partial charge is 0.277 e. The van der Waals surface area contributed by atoms with Gasteiger partial charge in [0.15, 0.2) is 6.61 Å². The second kappa shape index (κ2) is 9.84. The molecular weight excluding hydrogens is 430 g/mol. The maximum atomic E-state index is 11.8. The van der Waals surface area contributed by atoms with Gasteiger partial charge in [0.1, 0.15) is 11.5 Å². The molecule has 0 aliphatic heterocycles. The van der Waals surface area contributed by atoms with Crippen molar-refractivity contribution in [1.29, 1.82) is 0 Å². The molecule has 0 fully saturated rings. The molecule has 0 aromatic heterocycles. The van der Waals surface area contributed by atoms with Crippen molar-refractivity contribution in [3.05, 3.63) is 62.1 Å². The summed E-state index contributed by atoms with van der Waals surface area (Å²) in [6, 6.07) is 9.84. The number of nitrogens with zero attached hydrogens (tertiary/aromatic N) is 2. The molecule has 28 heavy (non-hydrogen) atoms. The van der Waals surface area contributed by atoms with Crippen LogP contribution in [0, 0.1) is 10.1 Å². The van der Waals surface area contributed by atoms with Gasteiger partial charge in [-0.05, 0) is 46.0 Å². The first-order valence-corrected chi connectivity index (χ1v) is 9.32. The number of hydrogen-bond acceptors (Lipinski definition) is 6. The second-order valence-corrected chi connectivity index (χ2v) is 6.94. The number of nitrogens with one attached hydrogen (secondary N) is 1. The summed E-state index contributed by atoms with van der Waals surface area (Å²) < 4.78 is 5.55. The summed E-state index contributed by atoms with van der Waals surface area (Å²) in [5.41, 5.74) is 3.31. The number of phenolic OH excluding ortho intramolecular Hbond substituents is 1. The number of nitro groups is 1. The normalized spacial score (nSPS) is 12.0. The highest BCUT2D eigenvalue weighted by Crippen LogP contribution is 2.31. The van der Waals surface area contributed by atoms with E-state index in [-0.39, 0.29) is 28.1 Å². The van der Waals surface area contributed by atoms with Crippen LogP contribution in [0.4, 0.5) is 5.69 Å². The number of carbonyl (C=O) groups excluding carboxylic acids is 1. The Bertz CT molecular complexity index is 884. The van der Waals surface area contributed by atoms with Gasteiger partial charge in [0.05, 0.1) is 15.6 Å². The number of hydrazone groups is 1. The Morgan fingerprint density at radius 2 is 2.07 bits per heavy atom. The molecule has 0 bridgehead atoms. The topological polar surface area (TPSA) is 114 Å². The van der Waals surface area contributed by atoms with Crippen LogP contribution in [0.5, 0.6) is 11.5 Å². The summed E-state index contributed by atoms with van der Waals surface area (Å²) >= 11 is 3.03. The summed E-state index contributed by atoms with van der Waals surface area (Å²) in [5, 5.41) is 24.5. The number of aromatic hydroxyl groups is 1. The predicted molar refractivity (Wildman–Crippen MR) is 109 cm³/mol. The van der Waals surface area contributed by atoms with E-state index < -0.39 is 10.8 Å². The highest BCUT2D eigenvalue weighted by molar-refractivity contribution is 9.10. The van der Waals surface area contributed by atoms with E-state index in [1.165, 1.54) is 11.6 Å². The Labute approximate surface area is 170 Å². The third kappa shape index (κ3) is 5.78. The lowest BCUT2D eigenvalue weighted by Crippen LogP contribution is -2.24. The fraction of sp³-hybridized carbons (Fsp3) is 0.263. The summed E-state index contributed by atoms with van der Waals surface area (Å²) in [5.74, 6) is 0.288. The molecule has 0 spiro atoms. The number of ether oxygens (including phenoxy) is 1. The Hall–Kier alpha value is -2.94.